The molecule has 2 saturated carbocycles. The lowest BCUT2D eigenvalue weighted by molar-refractivity contribution is -0.124. The fourth-order valence-electron chi connectivity index (χ4n) is 2.71. The summed E-state index contributed by atoms with van der Waals surface area (Å²) in [5.74, 6) is 2.69. The molecule has 15 heavy (non-hydrogen) atoms. The van der Waals surface area contributed by atoms with Crippen LogP contribution >= 0.6 is 0 Å². The van der Waals surface area contributed by atoms with Crippen LogP contribution in [0.15, 0.2) is 0 Å². The third-order valence-corrected chi connectivity index (χ3v) is 4.22. The van der Waals surface area contributed by atoms with E-state index >= 15 is 0 Å². The highest BCUT2D eigenvalue weighted by Crippen LogP contribution is 2.54. The van der Waals surface area contributed by atoms with Gasteiger partial charge in [-0.15, -0.1) is 0 Å². The average Bonchev–Trinajstić information content (AvgIpc) is 2.82. The third kappa shape index (κ3) is 2.60. The molecule has 0 N–H and O–H groups in total. The number of ether oxygens (including phenoxy) is 1. The van der Waals surface area contributed by atoms with Gasteiger partial charge in [-0.3, -0.25) is 4.79 Å². The van der Waals surface area contributed by atoms with Crippen LogP contribution in [0.1, 0.15) is 46.0 Å². The Morgan fingerprint density at radius 1 is 1.27 bits per heavy atom. The van der Waals surface area contributed by atoms with E-state index in [4.69, 9.17) is 4.74 Å². The van der Waals surface area contributed by atoms with E-state index in [9.17, 15) is 4.79 Å². The van der Waals surface area contributed by atoms with Crippen LogP contribution in [0.3, 0.4) is 0 Å². The second kappa shape index (κ2) is 3.89. The summed E-state index contributed by atoms with van der Waals surface area (Å²) in [6, 6.07) is 0. The molecular formula is C13H22O2. The van der Waals surface area contributed by atoms with Crippen LogP contribution in [0, 0.1) is 17.8 Å². The number of methoxy groups -OCH3 is 1. The number of fused-ring (bicyclic) bond motifs is 1. The number of carbonyl (C=O) groups excluding carboxylic acids is 1. The first-order valence-electron chi connectivity index (χ1n) is 6.10. The second-order valence-electron chi connectivity index (χ2n) is 5.85. The van der Waals surface area contributed by atoms with Crippen molar-refractivity contribution in [3.05, 3.63) is 0 Å². The zero-order valence-corrected chi connectivity index (χ0v) is 10.1. The Balaban J connectivity index is 1.73. The fourth-order valence-corrected chi connectivity index (χ4v) is 2.71. The third-order valence-electron chi connectivity index (χ3n) is 4.22. The lowest BCUT2D eigenvalue weighted by Crippen LogP contribution is -2.25. The summed E-state index contributed by atoms with van der Waals surface area (Å²) in [4.78, 5) is 11.9. The van der Waals surface area contributed by atoms with Crippen LogP contribution in [0.5, 0.6) is 0 Å². The Hall–Kier alpha value is -0.370. The van der Waals surface area contributed by atoms with Crippen molar-refractivity contribution in [3.8, 4) is 0 Å². The summed E-state index contributed by atoms with van der Waals surface area (Å²) in [5.41, 5.74) is -0.142. The lowest BCUT2D eigenvalue weighted by atomic mass is 9.92. The molecule has 0 amide bonds. The van der Waals surface area contributed by atoms with Crippen LogP contribution in [0.2, 0.25) is 0 Å². The molecule has 0 radical (unpaired) electrons. The molecule has 0 aromatic rings. The molecule has 0 aliphatic heterocycles. The standard InChI is InChI=1S/C13H22O2/c1-13(2,15-3)5-4-12(14)11-7-9-6-10(9)8-11/h9-11H,4-8H2,1-3H3. The van der Waals surface area contributed by atoms with Gasteiger partial charge in [-0.25, -0.2) is 0 Å². The first-order valence-corrected chi connectivity index (χ1v) is 6.10. The molecule has 2 heteroatoms. The van der Waals surface area contributed by atoms with Gasteiger partial charge >= 0.3 is 0 Å². The summed E-state index contributed by atoms with van der Waals surface area (Å²) in [6.45, 7) is 4.10. The Bertz CT molecular complexity index is 247. The lowest BCUT2D eigenvalue weighted by Gasteiger charge is -2.23. The Morgan fingerprint density at radius 2 is 1.87 bits per heavy atom. The van der Waals surface area contributed by atoms with Crippen LogP contribution in [-0.4, -0.2) is 18.5 Å². The molecule has 2 fully saturated rings. The van der Waals surface area contributed by atoms with E-state index in [2.05, 4.69) is 0 Å². The number of hydrogen-bond donors (Lipinski definition) is 0. The Kier molecular flexibility index (Phi) is 2.89. The molecular weight excluding hydrogens is 188 g/mol. The number of Topliss-reactive ketones (excluding diaryl/α,β-unsaturated/α-hetero) is 1. The van der Waals surface area contributed by atoms with Gasteiger partial charge in [-0.1, -0.05) is 0 Å². The van der Waals surface area contributed by atoms with E-state index in [1.807, 2.05) is 13.8 Å². The zero-order valence-electron chi connectivity index (χ0n) is 10.1. The smallest absolute Gasteiger partial charge is 0.136 e. The maximum Gasteiger partial charge on any atom is 0.136 e. The van der Waals surface area contributed by atoms with Crippen LogP contribution in [0.25, 0.3) is 0 Å². The van der Waals surface area contributed by atoms with E-state index in [1.54, 1.807) is 7.11 Å². The minimum atomic E-state index is -0.142. The first kappa shape index (κ1) is 11.1. The zero-order chi connectivity index (χ0) is 11.1. The molecule has 0 spiro atoms. The van der Waals surface area contributed by atoms with Gasteiger partial charge in [-0.2, -0.15) is 0 Å². The Labute approximate surface area is 92.4 Å². The molecule has 0 heterocycles. The van der Waals surface area contributed by atoms with Gasteiger partial charge in [0.05, 0.1) is 5.60 Å². The predicted molar refractivity (Wildman–Crippen MR) is 59.7 cm³/mol. The quantitative estimate of drug-likeness (QED) is 0.697. The predicted octanol–water partition coefficient (Wildman–Crippen LogP) is 2.81. The second-order valence-corrected chi connectivity index (χ2v) is 5.85. The molecule has 0 aromatic carbocycles. The minimum absolute atomic E-state index is 0.142. The van der Waals surface area contributed by atoms with Crippen molar-refractivity contribution >= 4 is 5.78 Å². The van der Waals surface area contributed by atoms with Crippen molar-refractivity contribution in [1.29, 1.82) is 0 Å². The highest BCUT2D eigenvalue weighted by molar-refractivity contribution is 5.81. The topological polar surface area (TPSA) is 26.3 Å². The first-order chi connectivity index (χ1) is 7.02. The molecule has 0 saturated heterocycles. The van der Waals surface area contributed by atoms with Crippen molar-refractivity contribution in [2.45, 2.75) is 51.6 Å². The molecule has 2 unspecified atom stereocenters. The van der Waals surface area contributed by atoms with Gasteiger partial charge < -0.3 is 4.74 Å². The van der Waals surface area contributed by atoms with E-state index in [0.717, 1.165) is 18.3 Å². The highest BCUT2D eigenvalue weighted by Gasteiger charge is 2.47. The largest absolute Gasteiger partial charge is 0.379 e. The van der Waals surface area contributed by atoms with Gasteiger partial charge in [0.2, 0.25) is 0 Å². The van der Waals surface area contributed by atoms with Crippen LogP contribution < -0.4 is 0 Å². The van der Waals surface area contributed by atoms with E-state index in [0.29, 0.717) is 18.1 Å². The van der Waals surface area contributed by atoms with Crippen molar-refractivity contribution in [2.75, 3.05) is 7.11 Å². The van der Waals surface area contributed by atoms with E-state index < -0.39 is 0 Å². The average molecular weight is 210 g/mol. The van der Waals surface area contributed by atoms with Crippen LogP contribution in [0.4, 0.5) is 0 Å². The van der Waals surface area contributed by atoms with E-state index in [-0.39, 0.29) is 5.60 Å². The monoisotopic (exact) mass is 210 g/mol. The summed E-state index contributed by atoms with van der Waals surface area (Å²) in [5, 5.41) is 0. The van der Waals surface area contributed by atoms with Gasteiger partial charge in [0.1, 0.15) is 5.78 Å². The SMILES string of the molecule is COC(C)(C)CCC(=O)C1CC2CC2C1. The molecule has 0 bridgehead atoms. The molecule has 2 atom stereocenters. The van der Waals surface area contributed by atoms with Crippen molar-refractivity contribution in [2.24, 2.45) is 17.8 Å². The Morgan fingerprint density at radius 3 is 2.40 bits per heavy atom. The van der Waals surface area contributed by atoms with Gasteiger partial charge in [0, 0.05) is 19.4 Å². The summed E-state index contributed by atoms with van der Waals surface area (Å²) >= 11 is 0. The van der Waals surface area contributed by atoms with Gasteiger partial charge in [0.15, 0.2) is 0 Å². The molecule has 86 valence electrons. The number of rotatable bonds is 5. The number of ketones is 1. The number of carbonyl (C=O) groups is 1. The fraction of sp³-hybridized carbons (Fsp3) is 0.923. The highest BCUT2D eigenvalue weighted by atomic mass is 16.5. The van der Waals surface area contributed by atoms with Crippen molar-refractivity contribution in [3.63, 3.8) is 0 Å². The van der Waals surface area contributed by atoms with Gasteiger partial charge in [0.25, 0.3) is 0 Å². The van der Waals surface area contributed by atoms with Crippen LogP contribution in [-0.2, 0) is 9.53 Å². The summed E-state index contributed by atoms with van der Waals surface area (Å²) < 4.78 is 5.33. The van der Waals surface area contributed by atoms with Crippen molar-refractivity contribution < 1.29 is 9.53 Å². The maximum absolute atomic E-state index is 11.9. The molecule has 2 aliphatic carbocycles. The maximum atomic E-state index is 11.9. The molecule has 0 aromatic heterocycles. The van der Waals surface area contributed by atoms with E-state index in [1.165, 1.54) is 19.3 Å². The molecule has 2 aliphatic rings. The van der Waals surface area contributed by atoms with Crippen molar-refractivity contribution in [1.82, 2.24) is 0 Å². The number of hydrogen-bond acceptors (Lipinski definition) is 2. The normalized spacial score (nSPS) is 33.9. The summed E-state index contributed by atoms with van der Waals surface area (Å²) in [7, 11) is 1.72. The van der Waals surface area contributed by atoms with Gasteiger partial charge in [-0.05, 0) is 51.4 Å². The molecule has 2 rings (SSSR count). The summed E-state index contributed by atoms with van der Waals surface area (Å²) in [6.07, 6.45) is 5.31. The molecule has 2 nitrogen and oxygen atoms in total. The minimum Gasteiger partial charge on any atom is -0.379 e.